The number of anilines is 1. The Labute approximate surface area is 91.8 Å². The van der Waals surface area contributed by atoms with Crippen molar-refractivity contribution in [2.24, 2.45) is 5.73 Å². The fourth-order valence-corrected chi connectivity index (χ4v) is 1.46. The van der Waals surface area contributed by atoms with E-state index in [0.29, 0.717) is 18.3 Å². The van der Waals surface area contributed by atoms with E-state index in [1.165, 1.54) is 11.3 Å². The Morgan fingerprint density at radius 1 is 1.60 bits per heavy atom. The highest BCUT2D eigenvalue weighted by molar-refractivity contribution is 7.15. The Morgan fingerprint density at radius 3 is 3.00 bits per heavy atom. The molecule has 0 radical (unpaired) electrons. The average Bonchev–Trinajstić information content (AvgIpc) is 2.59. The number of rotatable bonds is 6. The third kappa shape index (κ3) is 4.82. The lowest BCUT2D eigenvalue weighted by atomic mass is 10.5. The molecule has 0 aliphatic carbocycles. The van der Waals surface area contributed by atoms with E-state index in [1.54, 1.807) is 0 Å². The summed E-state index contributed by atoms with van der Waals surface area (Å²) in [6.07, 6.45) is 0.755. The largest absolute Gasteiger partial charge is 0.372 e. The van der Waals surface area contributed by atoms with Crippen molar-refractivity contribution in [1.29, 1.82) is 0 Å². The number of carbonyl (C=O) groups excluding carboxylic acids is 1. The molecule has 0 aliphatic heterocycles. The molecule has 1 aromatic rings. The molecule has 84 valence electrons. The van der Waals surface area contributed by atoms with Gasteiger partial charge in [0.05, 0.1) is 0 Å². The number of nitrogens with one attached hydrogen (secondary N) is 1. The van der Waals surface area contributed by atoms with Gasteiger partial charge in [-0.1, -0.05) is 11.3 Å². The molecule has 0 aliphatic rings. The number of hydrogen-bond acceptors (Lipinski definition) is 6. The van der Waals surface area contributed by atoms with Gasteiger partial charge in [0.15, 0.2) is 0 Å². The molecule has 1 heterocycles. The summed E-state index contributed by atoms with van der Waals surface area (Å²) in [6.45, 7) is 2.92. The van der Waals surface area contributed by atoms with Gasteiger partial charge in [-0.25, -0.2) is 0 Å². The second-order valence-corrected chi connectivity index (χ2v) is 4.05. The van der Waals surface area contributed by atoms with Gasteiger partial charge in [-0.2, -0.15) is 0 Å². The van der Waals surface area contributed by atoms with Gasteiger partial charge in [0.2, 0.25) is 5.13 Å². The summed E-state index contributed by atoms with van der Waals surface area (Å²) in [5, 5.41) is 11.4. The first kappa shape index (κ1) is 12.0. The maximum absolute atomic E-state index is 11.3. The van der Waals surface area contributed by atoms with E-state index in [2.05, 4.69) is 15.5 Å². The minimum Gasteiger partial charge on any atom is -0.372 e. The number of hydrogen-bond donors (Lipinski definition) is 2. The standard InChI is InChI=1S/C8H14N4O2S/c1-6-11-12-8(15-6)10-7(13)5-14-4-2-3-9/h2-5,9H2,1H3,(H,10,12,13). The second kappa shape index (κ2) is 6.44. The van der Waals surface area contributed by atoms with Crippen LogP contribution < -0.4 is 11.1 Å². The molecule has 6 nitrogen and oxygen atoms in total. The first-order valence-electron chi connectivity index (χ1n) is 4.60. The van der Waals surface area contributed by atoms with Crippen LogP contribution in [0.3, 0.4) is 0 Å². The molecule has 0 spiro atoms. The highest BCUT2D eigenvalue weighted by atomic mass is 32.1. The lowest BCUT2D eigenvalue weighted by molar-refractivity contribution is -0.120. The van der Waals surface area contributed by atoms with Crippen LogP contribution in [0.2, 0.25) is 0 Å². The molecule has 1 amide bonds. The molecule has 0 saturated heterocycles. The number of aromatic nitrogens is 2. The van der Waals surface area contributed by atoms with Crippen LogP contribution in [0.15, 0.2) is 0 Å². The molecule has 7 heteroatoms. The van der Waals surface area contributed by atoms with E-state index in [-0.39, 0.29) is 12.5 Å². The van der Waals surface area contributed by atoms with E-state index in [1.807, 2.05) is 6.92 Å². The van der Waals surface area contributed by atoms with Crippen molar-refractivity contribution in [3.8, 4) is 0 Å². The lowest BCUT2D eigenvalue weighted by Crippen LogP contribution is -2.19. The van der Waals surface area contributed by atoms with Crippen molar-refractivity contribution < 1.29 is 9.53 Å². The van der Waals surface area contributed by atoms with Crippen molar-refractivity contribution in [1.82, 2.24) is 10.2 Å². The van der Waals surface area contributed by atoms with E-state index in [0.717, 1.165) is 11.4 Å². The van der Waals surface area contributed by atoms with Crippen molar-refractivity contribution in [2.75, 3.05) is 25.1 Å². The van der Waals surface area contributed by atoms with E-state index >= 15 is 0 Å². The summed E-state index contributed by atoms with van der Waals surface area (Å²) < 4.78 is 5.08. The first-order chi connectivity index (χ1) is 7.22. The zero-order valence-corrected chi connectivity index (χ0v) is 9.34. The van der Waals surface area contributed by atoms with Gasteiger partial charge in [-0.15, -0.1) is 10.2 Å². The number of aryl methyl sites for hydroxylation is 1. The summed E-state index contributed by atoms with van der Waals surface area (Å²) in [7, 11) is 0. The summed E-state index contributed by atoms with van der Waals surface area (Å²) in [5.74, 6) is -0.219. The van der Waals surface area contributed by atoms with Crippen LogP contribution in [0.1, 0.15) is 11.4 Å². The summed E-state index contributed by atoms with van der Waals surface area (Å²) in [5.41, 5.74) is 5.27. The molecule has 3 N–H and O–H groups in total. The second-order valence-electron chi connectivity index (χ2n) is 2.87. The Hall–Kier alpha value is -1.05. The maximum atomic E-state index is 11.3. The zero-order valence-electron chi connectivity index (χ0n) is 8.52. The van der Waals surface area contributed by atoms with Crippen LogP contribution in [0.4, 0.5) is 5.13 Å². The third-order valence-corrected chi connectivity index (χ3v) is 2.25. The highest BCUT2D eigenvalue weighted by Gasteiger charge is 2.05. The summed E-state index contributed by atoms with van der Waals surface area (Å²) in [4.78, 5) is 11.3. The molecular weight excluding hydrogens is 216 g/mol. The van der Waals surface area contributed by atoms with Crippen molar-refractivity contribution >= 4 is 22.4 Å². The topological polar surface area (TPSA) is 90.1 Å². The number of carbonyl (C=O) groups is 1. The van der Waals surface area contributed by atoms with Gasteiger partial charge in [0.1, 0.15) is 11.6 Å². The van der Waals surface area contributed by atoms with Crippen molar-refractivity contribution in [2.45, 2.75) is 13.3 Å². The fourth-order valence-electron chi connectivity index (χ4n) is 0.853. The third-order valence-electron chi connectivity index (χ3n) is 1.50. The Kier molecular flexibility index (Phi) is 5.16. The Morgan fingerprint density at radius 2 is 2.40 bits per heavy atom. The molecule has 1 rings (SSSR count). The molecule has 0 unspecified atom stereocenters. The summed E-state index contributed by atoms with van der Waals surface area (Å²) in [6, 6.07) is 0. The predicted octanol–water partition coefficient (Wildman–Crippen LogP) is 0.150. The van der Waals surface area contributed by atoms with E-state index in [4.69, 9.17) is 10.5 Å². The maximum Gasteiger partial charge on any atom is 0.252 e. The van der Waals surface area contributed by atoms with Gasteiger partial charge < -0.3 is 10.5 Å². The Balaban J connectivity index is 2.18. The molecule has 0 aromatic carbocycles. The van der Waals surface area contributed by atoms with E-state index in [9.17, 15) is 4.79 Å². The normalized spacial score (nSPS) is 10.3. The molecule has 1 aromatic heterocycles. The Bertz CT molecular complexity index is 315. The monoisotopic (exact) mass is 230 g/mol. The van der Waals surface area contributed by atoms with Gasteiger partial charge in [0.25, 0.3) is 5.91 Å². The molecule has 0 saturated carbocycles. The number of amides is 1. The molecule has 0 bridgehead atoms. The number of nitrogens with two attached hydrogens (primary N) is 1. The summed E-state index contributed by atoms with van der Waals surface area (Å²) >= 11 is 1.33. The van der Waals surface area contributed by atoms with Crippen molar-refractivity contribution in [3.63, 3.8) is 0 Å². The smallest absolute Gasteiger partial charge is 0.252 e. The fraction of sp³-hybridized carbons (Fsp3) is 0.625. The van der Waals surface area contributed by atoms with Crippen LogP contribution in [0, 0.1) is 6.92 Å². The van der Waals surface area contributed by atoms with Gasteiger partial charge in [0, 0.05) is 6.61 Å². The van der Waals surface area contributed by atoms with Gasteiger partial charge >= 0.3 is 0 Å². The number of nitrogens with zero attached hydrogens (tertiary/aromatic N) is 2. The SMILES string of the molecule is Cc1nnc(NC(=O)COCCCN)s1. The molecule has 0 atom stereocenters. The van der Waals surface area contributed by atoms with E-state index < -0.39 is 0 Å². The minimum absolute atomic E-state index is 0.0264. The minimum atomic E-state index is -0.219. The van der Waals surface area contributed by atoms with Crippen LogP contribution in [0.5, 0.6) is 0 Å². The van der Waals surface area contributed by atoms with Crippen LogP contribution >= 0.6 is 11.3 Å². The average molecular weight is 230 g/mol. The van der Waals surface area contributed by atoms with Crippen molar-refractivity contribution in [3.05, 3.63) is 5.01 Å². The molecule has 15 heavy (non-hydrogen) atoms. The quantitative estimate of drug-likeness (QED) is 0.679. The van der Waals surface area contributed by atoms with Gasteiger partial charge in [-0.3, -0.25) is 10.1 Å². The first-order valence-corrected chi connectivity index (χ1v) is 5.42. The van der Waals surface area contributed by atoms with Crippen LogP contribution in [-0.2, 0) is 9.53 Å². The van der Waals surface area contributed by atoms with Gasteiger partial charge in [-0.05, 0) is 19.9 Å². The highest BCUT2D eigenvalue weighted by Crippen LogP contribution is 2.12. The van der Waals surface area contributed by atoms with Crippen LogP contribution in [0.25, 0.3) is 0 Å². The van der Waals surface area contributed by atoms with Crippen LogP contribution in [-0.4, -0.2) is 35.9 Å². The molecule has 0 fully saturated rings. The number of ether oxygens (including phenoxy) is 1. The predicted molar refractivity (Wildman–Crippen MR) is 57.8 cm³/mol. The molecular formula is C8H14N4O2S. The lowest BCUT2D eigenvalue weighted by Gasteiger charge is -2.02. The zero-order chi connectivity index (χ0) is 11.1.